The van der Waals surface area contributed by atoms with Gasteiger partial charge < -0.3 is 19.7 Å². The molecule has 0 bridgehead atoms. The predicted molar refractivity (Wildman–Crippen MR) is 91.2 cm³/mol. The molecule has 1 N–H and O–H groups in total. The molecule has 2 rings (SSSR count). The summed E-state index contributed by atoms with van der Waals surface area (Å²) in [4.78, 5) is 26.9. The third-order valence-corrected chi connectivity index (χ3v) is 3.64. The van der Waals surface area contributed by atoms with Crippen LogP contribution in [0.5, 0.6) is 0 Å². The Hall–Kier alpha value is -2.72. The minimum Gasteiger partial charge on any atom is -0.447 e. The second kappa shape index (κ2) is 8.22. The van der Waals surface area contributed by atoms with E-state index in [0.29, 0.717) is 37.7 Å². The zero-order chi connectivity index (χ0) is 17.5. The molecule has 7 nitrogen and oxygen atoms in total. The maximum absolute atomic E-state index is 12.2. The van der Waals surface area contributed by atoms with E-state index in [0.717, 1.165) is 5.56 Å². The van der Waals surface area contributed by atoms with Crippen LogP contribution >= 0.6 is 0 Å². The lowest BCUT2D eigenvalue weighted by atomic mass is 10.1. The third-order valence-electron chi connectivity index (χ3n) is 3.64. The topological polar surface area (TPSA) is 71.1 Å². The van der Waals surface area contributed by atoms with Crippen LogP contribution in [0.2, 0.25) is 0 Å². The number of carbonyl (C=O) groups excluding carboxylic acids is 2. The number of hydrogen-bond acceptors (Lipinski definition) is 4. The second-order valence-electron chi connectivity index (χ2n) is 5.37. The molecule has 0 saturated carbocycles. The Bertz CT molecular complexity index is 654. The highest BCUT2D eigenvalue weighted by Crippen LogP contribution is 2.25. The molecule has 1 heterocycles. The number of nitrogens with zero attached hydrogens (tertiary/aromatic N) is 2. The molecule has 0 aromatic heterocycles. The molecule has 0 unspecified atom stereocenters. The first-order valence-electron chi connectivity index (χ1n) is 7.61. The lowest BCUT2D eigenvalue weighted by molar-refractivity contribution is 0.143. The van der Waals surface area contributed by atoms with Gasteiger partial charge in [-0.1, -0.05) is 12.0 Å². The average molecular weight is 331 g/mol. The van der Waals surface area contributed by atoms with Gasteiger partial charge in [0.05, 0.1) is 13.2 Å². The van der Waals surface area contributed by atoms with Crippen molar-refractivity contribution in [3.05, 3.63) is 23.8 Å². The fraction of sp³-hybridized carbons (Fsp3) is 0.412. The van der Waals surface area contributed by atoms with Crippen molar-refractivity contribution in [3.8, 4) is 12.3 Å². The van der Waals surface area contributed by atoms with Crippen LogP contribution in [-0.2, 0) is 9.47 Å². The smallest absolute Gasteiger partial charge is 0.414 e. The van der Waals surface area contributed by atoms with Crippen molar-refractivity contribution in [2.45, 2.75) is 6.92 Å². The SMILES string of the molecule is C#CCOCCN(C)C(=O)Nc1cc(N2CCOC2=O)ccc1C. The first kappa shape index (κ1) is 17.6. The second-order valence-corrected chi connectivity index (χ2v) is 5.37. The molecule has 0 atom stereocenters. The van der Waals surface area contributed by atoms with E-state index >= 15 is 0 Å². The van der Waals surface area contributed by atoms with E-state index in [1.807, 2.05) is 19.1 Å². The Balaban J connectivity index is 1.99. The summed E-state index contributed by atoms with van der Waals surface area (Å²) in [6.07, 6.45) is 4.72. The highest BCUT2D eigenvalue weighted by atomic mass is 16.6. The van der Waals surface area contributed by atoms with Crippen molar-refractivity contribution in [2.75, 3.05) is 50.2 Å². The van der Waals surface area contributed by atoms with Gasteiger partial charge in [0.1, 0.15) is 13.2 Å². The number of amides is 3. The van der Waals surface area contributed by atoms with Gasteiger partial charge >= 0.3 is 12.1 Å². The molecule has 128 valence electrons. The van der Waals surface area contributed by atoms with Gasteiger partial charge in [-0.2, -0.15) is 0 Å². The van der Waals surface area contributed by atoms with E-state index in [1.54, 1.807) is 13.1 Å². The molecule has 3 amide bonds. The van der Waals surface area contributed by atoms with Crippen molar-refractivity contribution in [3.63, 3.8) is 0 Å². The minimum absolute atomic E-state index is 0.225. The first-order valence-corrected chi connectivity index (χ1v) is 7.61. The average Bonchev–Trinajstić information content (AvgIpc) is 2.99. The van der Waals surface area contributed by atoms with Gasteiger partial charge in [0.2, 0.25) is 0 Å². The predicted octanol–water partition coefficient (Wildman–Crippen LogP) is 2.07. The van der Waals surface area contributed by atoms with Crippen molar-refractivity contribution in [1.82, 2.24) is 4.90 Å². The van der Waals surface area contributed by atoms with Gasteiger partial charge in [0.25, 0.3) is 0 Å². The number of urea groups is 1. The molecule has 7 heteroatoms. The van der Waals surface area contributed by atoms with Crippen LogP contribution < -0.4 is 10.2 Å². The molecule has 1 aliphatic heterocycles. The van der Waals surface area contributed by atoms with E-state index in [2.05, 4.69) is 11.2 Å². The maximum Gasteiger partial charge on any atom is 0.414 e. The summed E-state index contributed by atoms with van der Waals surface area (Å²) in [5.74, 6) is 2.37. The van der Waals surface area contributed by atoms with Gasteiger partial charge in [0.15, 0.2) is 0 Å². The maximum atomic E-state index is 12.2. The molecule has 0 radical (unpaired) electrons. The van der Waals surface area contributed by atoms with Crippen LogP contribution in [-0.4, -0.2) is 57.0 Å². The molecule has 24 heavy (non-hydrogen) atoms. The van der Waals surface area contributed by atoms with Crippen LogP contribution in [0, 0.1) is 19.3 Å². The first-order chi connectivity index (χ1) is 11.5. The Labute approximate surface area is 141 Å². The van der Waals surface area contributed by atoms with E-state index in [1.165, 1.54) is 9.80 Å². The Morgan fingerprint density at radius 2 is 2.33 bits per heavy atom. The van der Waals surface area contributed by atoms with Crippen LogP contribution in [0.1, 0.15) is 5.56 Å². The third kappa shape index (κ3) is 4.40. The van der Waals surface area contributed by atoms with E-state index in [4.69, 9.17) is 15.9 Å². The van der Waals surface area contributed by atoms with Gasteiger partial charge in [0, 0.05) is 25.0 Å². The number of terminal acetylenes is 1. The minimum atomic E-state index is -0.376. The molecule has 0 spiro atoms. The number of benzene rings is 1. The van der Waals surface area contributed by atoms with Gasteiger partial charge in [-0.25, -0.2) is 9.59 Å². The summed E-state index contributed by atoms with van der Waals surface area (Å²) in [7, 11) is 1.67. The van der Waals surface area contributed by atoms with Crippen LogP contribution in [0.3, 0.4) is 0 Å². The lowest BCUT2D eigenvalue weighted by Gasteiger charge is -2.20. The summed E-state index contributed by atoms with van der Waals surface area (Å²) >= 11 is 0. The fourth-order valence-corrected chi connectivity index (χ4v) is 2.19. The zero-order valence-corrected chi connectivity index (χ0v) is 13.9. The van der Waals surface area contributed by atoms with E-state index in [-0.39, 0.29) is 18.7 Å². The zero-order valence-electron chi connectivity index (χ0n) is 13.9. The Morgan fingerprint density at radius 1 is 1.54 bits per heavy atom. The van der Waals surface area contributed by atoms with E-state index in [9.17, 15) is 9.59 Å². The van der Waals surface area contributed by atoms with Crippen LogP contribution in [0.15, 0.2) is 18.2 Å². The standard InChI is InChI=1S/C17H21N3O4/c1-4-9-23-10-7-19(3)16(21)18-15-12-14(6-5-13(15)2)20-8-11-24-17(20)22/h1,5-6,12H,7-11H2,2-3H3,(H,18,21). The molecular weight excluding hydrogens is 310 g/mol. The quantitative estimate of drug-likeness (QED) is 0.640. The van der Waals surface area contributed by atoms with Crippen molar-refractivity contribution in [1.29, 1.82) is 0 Å². The summed E-state index contributed by atoms with van der Waals surface area (Å²) in [6.45, 7) is 3.77. The van der Waals surface area contributed by atoms with Crippen LogP contribution in [0.4, 0.5) is 21.0 Å². The number of nitrogens with one attached hydrogen (secondary N) is 1. The number of hydrogen-bond donors (Lipinski definition) is 1. The number of aryl methyl sites for hydroxylation is 1. The molecular formula is C17H21N3O4. The highest BCUT2D eigenvalue weighted by Gasteiger charge is 2.24. The van der Waals surface area contributed by atoms with Crippen LogP contribution in [0.25, 0.3) is 0 Å². The summed E-state index contributed by atoms with van der Waals surface area (Å²) in [6, 6.07) is 5.19. The van der Waals surface area contributed by atoms with E-state index < -0.39 is 0 Å². The number of ether oxygens (including phenoxy) is 2. The van der Waals surface area contributed by atoms with Crippen molar-refractivity contribution >= 4 is 23.5 Å². The van der Waals surface area contributed by atoms with Crippen molar-refractivity contribution < 1.29 is 19.1 Å². The fourth-order valence-electron chi connectivity index (χ4n) is 2.19. The molecule has 1 fully saturated rings. The highest BCUT2D eigenvalue weighted by molar-refractivity contribution is 5.93. The Kier molecular flexibility index (Phi) is 6.04. The molecule has 1 aromatic rings. The number of anilines is 2. The molecule has 1 aliphatic rings. The van der Waals surface area contributed by atoms with Gasteiger partial charge in [-0.3, -0.25) is 4.90 Å². The van der Waals surface area contributed by atoms with Gasteiger partial charge in [-0.05, 0) is 24.6 Å². The number of carbonyl (C=O) groups is 2. The summed E-state index contributed by atoms with van der Waals surface area (Å²) in [5.41, 5.74) is 2.24. The number of likely N-dealkylation sites (N-methyl/N-ethyl adjacent to an activating group) is 1. The summed E-state index contributed by atoms with van der Waals surface area (Å²) < 4.78 is 10.1. The number of rotatable bonds is 6. The van der Waals surface area contributed by atoms with Gasteiger partial charge in [-0.15, -0.1) is 6.42 Å². The largest absolute Gasteiger partial charge is 0.447 e. The monoisotopic (exact) mass is 331 g/mol. The number of cyclic esters (lactones) is 1. The lowest BCUT2D eigenvalue weighted by Crippen LogP contribution is -2.34. The molecule has 1 saturated heterocycles. The molecule has 0 aliphatic carbocycles. The Morgan fingerprint density at radius 3 is 3.00 bits per heavy atom. The molecule has 1 aromatic carbocycles. The summed E-state index contributed by atoms with van der Waals surface area (Å²) in [5, 5.41) is 2.84. The van der Waals surface area contributed by atoms with Crippen molar-refractivity contribution in [2.24, 2.45) is 0 Å². The normalized spacial score (nSPS) is 13.4.